The molecule has 3 rings (SSSR count). The molecule has 0 radical (unpaired) electrons. The lowest BCUT2D eigenvalue weighted by atomic mass is 10.1. The van der Waals surface area contributed by atoms with Crippen LogP contribution in [0.2, 0.25) is 0 Å². The first-order valence-corrected chi connectivity index (χ1v) is 8.50. The summed E-state index contributed by atoms with van der Waals surface area (Å²) in [4.78, 5) is 21.4. The molecule has 1 aromatic heterocycles. The highest BCUT2D eigenvalue weighted by atomic mass is 16.1. The van der Waals surface area contributed by atoms with Crippen molar-refractivity contribution in [2.75, 3.05) is 10.6 Å². The molecule has 3 aromatic rings. The monoisotopic (exact) mass is 346 g/mol. The van der Waals surface area contributed by atoms with Crippen molar-refractivity contribution in [3.63, 3.8) is 0 Å². The van der Waals surface area contributed by atoms with Gasteiger partial charge in [-0.3, -0.25) is 4.79 Å². The van der Waals surface area contributed by atoms with E-state index in [9.17, 15) is 4.79 Å². The largest absolute Gasteiger partial charge is 0.324 e. The van der Waals surface area contributed by atoms with Crippen molar-refractivity contribution in [2.24, 2.45) is 0 Å². The lowest BCUT2D eigenvalue weighted by molar-refractivity contribution is 0.102. The van der Waals surface area contributed by atoms with E-state index in [0.29, 0.717) is 11.6 Å². The Bertz CT molecular complexity index is 946. The first-order chi connectivity index (χ1) is 12.4. The second-order valence-corrected chi connectivity index (χ2v) is 6.38. The van der Waals surface area contributed by atoms with Crippen LogP contribution in [-0.2, 0) is 0 Å². The molecule has 0 unspecified atom stereocenters. The third-order valence-corrected chi connectivity index (χ3v) is 4.20. The van der Waals surface area contributed by atoms with E-state index in [1.54, 1.807) is 6.07 Å². The summed E-state index contributed by atoms with van der Waals surface area (Å²) in [6.45, 7) is 7.85. The number of hydrogen-bond acceptors (Lipinski definition) is 4. The number of rotatable bonds is 4. The number of para-hydroxylation sites is 2. The molecule has 2 N–H and O–H groups in total. The summed E-state index contributed by atoms with van der Waals surface area (Å²) in [5.41, 5.74) is 5.99. The van der Waals surface area contributed by atoms with Crippen LogP contribution < -0.4 is 10.6 Å². The smallest absolute Gasteiger partial charge is 0.274 e. The number of aryl methyl sites for hydroxylation is 4. The number of hydrogen-bond donors (Lipinski definition) is 2. The van der Waals surface area contributed by atoms with E-state index in [4.69, 9.17) is 0 Å². The molecule has 2 aromatic carbocycles. The SMILES string of the molecule is Cc1cc(C(=O)Nc2ccccc2C)nc(Nc2c(C)cccc2C)n1. The Hall–Kier alpha value is -3.21. The first-order valence-electron chi connectivity index (χ1n) is 8.50. The molecule has 0 saturated heterocycles. The van der Waals surface area contributed by atoms with Crippen LogP contribution in [0.3, 0.4) is 0 Å². The summed E-state index contributed by atoms with van der Waals surface area (Å²) < 4.78 is 0. The summed E-state index contributed by atoms with van der Waals surface area (Å²) in [5, 5.41) is 6.16. The maximum Gasteiger partial charge on any atom is 0.274 e. The fourth-order valence-electron chi connectivity index (χ4n) is 2.76. The summed E-state index contributed by atoms with van der Waals surface area (Å²) >= 11 is 0. The lowest BCUT2D eigenvalue weighted by Crippen LogP contribution is -2.16. The number of carbonyl (C=O) groups is 1. The van der Waals surface area contributed by atoms with Gasteiger partial charge in [-0.05, 0) is 56.5 Å². The molecule has 1 heterocycles. The van der Waals surface area contributed by atoms with Crippen LogP contribution in [0.4, 0.5) is 17.3 Å². The predicted octanol–water partition coefficient (Wildman–Crippen LogP) is 4.71. The van der Waals surface area contributed by atoms with E-state index >= 15 is 0 Å². The van der Waals surface area contributed by atoms with Crippen molar-refractivity contribution in [1.82, 2.24) is 9.97 Å². The number of amides is 1. The van der Waals surface area contributed by atoms with Crippen LogP contribution in [0, 0.1) is 27.7 Å². The number of carbonyl (C=O) groups excluding carboxylic acids is 1. The Kier molecular flexibility index (Phi) is 4.98. The van der Waals surface area contributed by atoms with Gasteiger partial charge >= 0.3 is 0 Å². The number of aromatic nitrogens is 2. The minimum absolute atomic E-state index is 0.255. The van der Waals surface area contributed by atoms with Gasteiger partial charge in [0.25, 0.3) is 5.91 Å². The van der Waals surface area contributed by atoms with Crippen LogP contribution in [0.1, 0.15) is 32.9 Å². The number of anilines is 3. The highest BCUT2D eigenvalue weighted by Gasteiger charge is 2.13. The maximum absolute atomic E-state index is 12.6. The van der Waals surface area contributed by atoms with Crippen molar-refractivity contribution in [2.45, 2.75) is 27.7 Å². The average Bonchev–Trinajstić information content (AvgIpc) is 2.60. The molecule has 0 saturated carbocycles. The van der Waals surface area contributed by atoms with Crippen LogP contribution in [0.15, 0.2) is 48.5 Å². The van der Waals surface area contributed by atoms with Gasteiger partial charge in [-0.15, -0.1) is 0 Å². The second kappa shape index (κ2) is 7.35. The predicted molar refractivity (Wildman–Crippen MR) is 105 cm³/mol. The number of nitrogens with one attached hydrogen (secondary N) is 2. The van der Waals surface area contributed by atoms with Crippen molar-refractivity contribution < 1.29 is 4.79 Å². The van der Waals surface area contributed by atoms with Gasteiger partial charge in [0.15, 0.2) is 0 Å². The van der Waals surface area contributed by atoms with Gasteiger partial charge in [0.05, 0.1) is 0 Å². The highest BCUT2D eigenvalue weighted by molar-refractivity contribution is 6.03. The van der Waals surface area contributed by atoms with Crippen LogP contribution in [0.25, 0.3) is 0 Å². The van der Waals surface area contributed by atoms with Crippen LogP contribution >= 0.6 is 0 Å². The zero-order valence-electron chi connectivity index (χ0n) is 15.4. The molecule has 0 spiro atoms. The summed E-state index contributed by atoms with van der Waals surface area (Å²) in [7, 11) is 0. The van der Waals surface area contributed by atoms with E-state index in [1.807, 2.05) is 70.2 Å². The fraction of sp³-hybridized carbons (Fsp3) is 0.190. The molecule has 26 heavy (non-hydrogen) atoms. The van der Waals surface area contributed by atoms with E-state index in [-0.39, 0.29) is 5.91 Å². The molecule has 0 bridgehead atoms. The summed E-state index contributed by atoms with van der Waals surface area (Å²) in [6, 6.07) is 15.4. The Labute approximate surface area is 153 Å². The Morgan fingerprint density at radius 2 is 1.50 bits per heavy atom. The second-order valence-electron chi connectivity index (χ2n) is 6.38. The molecule has 5 heteroatoms. The fourth-order valence-corrected chi connectivity index (χ4v) is 2.76. The molecule has 1 amide bonds. The summed E-state index contributed by atoms with van der Waals surface area (Å²) in [5.74, 6) is 0.159. The number of nitrogens with zero attached hydrogens (tertiary/aromatic N) is 2. The van der Waals surface area contributed by atoms with E-state index in [1.165, 1.54) is 0 Å². The standard InChI is InChI=1S/C21H22N4O/c1-13-8-5-6-11-17(13)23-20(26)18-12-16(4)22-21(24-18)25-19-14(2)9-7-10-15(19)3/h5-12H,1-4H3,(H,23,26)(H,22,24,25). The van der Waals surface area contributed by atoms with Gasteiger partial charge in [0.1, 0.15) is 5.69 Å². The molecule has 0 fully saturated rings. The summed E-state index contributed by atoms with van der Waals surface area (Å²) in [6.07, 6.45) is 0. The normalized spacial score (nSPS) is 10.5. The van der Waals surface area contributed by atoms with Gasteiger partial charge in [0, 0.05) is 17.1 Å². The van der Waals surface area contributed by atoms with E-state index in [2.05, 4.69) is 20.6 Å². The third kappa shape index (κ3) is 3.88. The molecular weight excluding hydrogens is 324 g/mol. The molecule has 0 aliphatic carbocycles. The molecule has 0 atom stereocenters. The van der Waals surface area contributed by atoms with Crippen LogP contribution in [0.5, 0.6) is 0 Å². The molecule has 5 nitrogen and oxygen atoms in total. The van der Waals surface area contributed by atoms with Gasteiger partial charge < -0.3 is 10.6 Å². The third-order valence-electron chi connectivity index (χ3n) is 4.20. The van der Waals surface area contributed by atoms with Crippen molar-refractivity contribution in [1.29, 1.82) is 0 Å². The zero-order valence-corrected chi connectivity index (χ0v) is 15.4. The minimum Gasteiger partial charge on any atom is -0.324 e. The molecule has 0 aliphatic heterocycles. The minimum atomic E-state index is -0.255. The van der Waals surface area contributed by atoms with E-state index in [0.717, 1.165) is 33.8 Å². The quantitative estimate of drug-likeness (QED) is 0.718. The zero-order chi connectivity index (χ0) is 18.7. The maximum atomic E-state index is 12.6. The lowest BCUT2D eigenvalue weighted by Gasteiger charge is -2.13. The van der Waals surface area contributed by atoms with Gasteiger partial charge in [0.2, 0.25) is 5.95 Å². The Morgan fingerprint density at radius 3 is 2.19 bits per heavy atom. The van der Waals surface area contributed by atoms with Crippen molar-refractivity contribution in [3.05, 3.63) is 76.6 Å². The average molecular weight is 346 g/mol. The first kappa shape index (κ1) is 17.6. The van der Waals surface area contributed by atoms with Gasteiger partial charge in [-0.25, -0.2) is 9.97 Å². The molecular formula is C21H22N4O. The van der Waals surface area contributed by atoms with Crippen molar-refractivity contribution in [3.8, 4) is 0 Å². The molecule has 132 valence electrons. The number of benzene rings is 2. The topological polar surface area (TPSA) is 66.9 Å². The highest BCUT2D eigenvalue weighted by Crippen LogP contribution is 2.23. The van der Waals surface area contributed by atoms with Gasteiger partial charge in [-0.2, -0.15) is 0 Å². The Balaban J connectivity index is 1.88. The van der Waals surface area contributed by atoms with Crippen molar-refractivity contribution >= 4 is 23.2 Å². The Morgan fingerprint density at radius 1 is 0.846 bits per heavy atom. The van der Waals surface area contributed by atoms with E-state index < -0.39 is 0 Å². The molecule has 0 aliphatic rings. The van der Waals surface area contributed by atoms with Crippen LogP contribution in [-0.4, -0.2) is 15.9 Å². The van der Waals surface area contributed by atoms with Gasteiger partial charge in [-0.1, -0.05) is 36.4 Å².